The molecule has 2 heterocycles. The van der Waals surface area contributed by atoms with Gasteiger partial charge in [0.15, 0.2) is 5.82 Å². The zero-order valence-electron chi connectivity index (χ0n) is 24.8. The van der Waals surface area contributed by atoms with Gasteiger partial charge in [0.05, 0.1) is 17.6 Å². The highest BCUT2D eigenvalue weighted by atomic mass is 19.1. The van der Waals surface area contributed by atoms with Crippen LogP contribution in [0.1, 0.15) is 30.4 Å². The second-order valence-electron chi connectivity index (χ2n) is 10.5. The number of hydrogen-bond acceptors (Lipinski definition) is 7. The van der Waals surface area contributed by atoms with Crippen LogP contribution in [-0.4, -0.2) is 72.5 Å². The molecule has 0 atom stereocenters. The van der Waals surface area contributed by atoms with Gasteiger partial charge in [-0.05, 0) is 64.4 Å². The van der Waals surface area contributed by atoms with E-state index in [0.29, 0.717) is 22.6 Å². The van der Waals surface area contributed by atoms with E-state index < -0.39 is 5.82 Å². The Morgan fingerprint density at radius 3 is 2.52 bits per heavy atom. The van der Waals surface area contributed by atoms with Gasteiger partial charge in [-0.2, -0.15) is 0 Å². The Morgan fingerprint density at radius 2 is 1.86 bits per heavy atom. The Balaban J connectivity index is 1.69. The van der Waals surface area contributed by atoms with Crippen molar-refractivity contribution < 1.29 is 14.0 Å². The summed E-state index contributed by atoms with van der Waals surface area (Å²) in [6, 6.07) is 12.8. The van der Waals surface area contributed by atoms with E-state index >= 15 is 4.39 Å². The molecule has 0 spiro atoms. The number of amides is 2. The highest BCUT2D eigenvalue weighted by Gasteiger charge is 2.19. The molecule has 3 N–H and O–H groups in total. The van der Waals surface area contributed by atoms with Crippen molar-refractivity contribution in [3.63, 3.8) is 0 Å². The number of carbonyl (C=O) groups excluding carboxylic acids is 2. The van der Waals surface area contributed by atoms with Gasteiger partial charge >= 0.3 is 0 Å². The number of hydrogen-bond donors (Lipinski definition) is 3. The van der Waals surface area contributed by atoms with Gasteiger partial charge in [0.1, 0.15) is 11.4 Å². The minimum absolute atomic E-state index is 0.00167. The van der Waals surface area contributed by atoms with Crippen molar-refractivity contribution in [2.45, 2.75) is 19.9 Å². The maximum Gasteiger partial charge on any atom is 0.267 e. The molecular weight excluding hydrogens is 535 g/mol. The number of anilines is 4. The third kappa shape index (κ3) is 6.58. The van der Waals surface area contributed by atoms with Crippen molar-refractivity contribution in [2.75, 3.05) is 56.8 Å². The van der Waals surface area contributed by atoms with Gasteiger partial charge in [-0.1, -0.05) is 18.7 Å². The molecule has 0 saturated carbocycles. The van der Waals surface area contributed by atoms with Gasteiger partial charge in [0.2, 0.25) is 11.9 Å². The summed E-state index contributed by atoms with van der Waals surface area (Å²) in [5.41, 5.74) is 4.01. The monoisotopic (exact) mass is 572 g/mol. The summed E-state index contributed by atoms with van der Waals surface area (Å²) in [5, 5.41) is 9.54. The van der Waals surface area contributed by atoms with Crippen LogP contribution in [0.25, 0.3) is 22.2 Å². The van der Waals surface area contributed by atoms with Crippen LogP contribution < -0.4 is 20.9 Å². The maximum atomic E-state index is 15.1. The number of halogens is 1. The molecular formula is C31H37FN8O2. The highest BCUT2D eigenvalue weighted by Crippen LogP contribution is 2.32. The van der Waals surface area contributed by atoms with Crippen LogP contribution in [0.15, 0.2) is 61.3 Å². The van der Waals surface area contributed by atoms with E-state index in [1.165, 1.54) is 6.08 Å². The second-order valence-corrected chi connectivity index (χ2v) is 10.5. The van der Waals surface area contributed by atoms with Crippen molar-refractivity contribution in [3.05, 3.63) is 72.8 Å². The van der Waals surface area contributed by atoms with Crippen LogP contribution in [0, 0.1) is 5.82 Å². The van der Waals surface area contributed by atoms with Crippen molar-refractivity contribution in [3.8, 4) is 11.3 Å². The van der Waals surface area contributed by atoms with E-state index in [1.807, 2.05) is 74.8 Å². The number of aromatic nitrogens is 3. The predicted molar refractivity (Wildman–Crippen MR) is 167 cm³/mol. The molecule has 220 valence electrons. The highest BCUT2D eigenvalue weighted by molar-refractivity contribution is 6.02. The minimum atomic E-state index is -0.578. The second kappa shape index (κ2) is 12.8. The van der Waals surface area contributed by atoms with Gasteiger partial charge in [0, 0.05) is 55.4 Å². The fourth-order valence-corrected chi connectivity index (χ4v) is 4.69. The number of carbonyl (C=O) groups is 2. The number of fused-ring (bicyclic) bond motifs is 1. The first-order valence-electron chi connectivity index (χ1n) is 13.6. The lowest BCUT2D eigenvalue weighted by atomic mass is 10.1. The van der Waals surface area contributed by atoms with Crippen LogP contribution in [-0.2, 0) is 4.79 Å². The molecule has 4 aromatic rings. The number of likely N-dealkylation sites (N-methyl/N-ethyl adjacent to an activating group) is 2. The van der Waals surface area contributed by atoms with E-state index in [1.54, 1.807) is 19.2 Å². The molecule has 11 heteroatoms. The number of benzene rings is 2. The van der Waals surface area contributed by atoms with Crippen LogP contribution in [0.4, 0.5) is 27.4 Å². The average molecular weight is 573 g/mol. The normalized spacial score (nSPS) is 11.2. The lowest BCUT2D eigenvalue weighted by molar-refractivity contribution is -0.111. The standard InChI is InChI=1S/C31H37FN8O2/c1-8-28(41)36-24-17-22(11-12-25(24)39(7)14-13-38(5)6)35-31-34-18-23(32)29(37-31)21-10-9-20-15-27(30(42)33-4)40(19(2)3)26(20)16-21/h8-12,15-19H,1,13-14H2,2-7H3,(H,33,42)(H,36,41)(H,34,35,37). The molecule has 10 nitrogen and oxygen atoms in total. The van der Waals surface area contributed by atoms with Gasteiger partial charge in [-0.3, -0.25) is 9.59 Å². The molecule has 2 aromatic heterocycles. The summed E-state index contributed by atoms with van der Waals surface area (Å²) in [6.07, 6.45) is 2.33. The molecule has 0 aliphatic carbocycles. The zero-order chi connectivity index (χ0) is 30.6. The van der Waals surface area contributed by atoms with E-state index in [-0.39, 0.29) is 29.5 Å². The van der Waals surface area contributed by atoms with Crippen LogP contribution in [0.2, 0.25) is 0 Å². The molecule has 2 amide bonds. The van der Waals surface area contributed by atoms with Crippen molar-refractivity contribution in [1.82, 2.24) is 24.8 Å². The molecule has 0 fully saturated rings. The van der Waals surface area contributed by atoms with Gasteiger partial charge < -0.3 is 30.3 Å². The van der Waals surface area contributed by atoms with E-state index in [9.17, 15) is 9.59 Å². The first kappa shape index (κ1) is 30.2. The molecule has 42 heavy (non-hydrogen) atoms. The SMILES string of the molecule is C=CC(=O)Nc1cc(Nc2ncc(F)c(-c3ccc4cc(C(=O)NC)n(C(C)C)c4c3)n2)ccc1N(C)CCN(C)C. The van der Waals surface area contributed by atoms with Gasteiger partial charge in [-0.25, -0.2) is 14.4 Å². The first-order chi connectivity index (χ1) is 20.0. The molecule has 0 saturated heterocycles. The number of rotatable bonds is 11. The molecule has 0 aliphatic rings. The van der Waals surface area contributed by atoms with Crippen LogP contribution >= 0.6 is 0 Å². The number of nitrogens with one attached hydrogen (secondary N) is 3. The van der Waals surface area contributed by atoms with Crippen LogP contribution in [0.3, 0.4) is 0 Å². The topological polar surface area (TPSA) is 107 Å². The quantitative estimate of drug-likeness (QED) is 0.216. The average Bonchev–Trinajstić information content (AvgIpc) is 3.35. The largest absolute Gasteiger partial charge is 0.372 e. The summed E-state index contributed by atoms with van der Waals surface area (Å²) in [7, 11) is 7.55. The number of nitrogens with zero attached hydrogens (tertiary/aromatic N) is 5. The lowest BCUT2D eigenvalue weighted by Gasteiger charge is -2.24. The van der Waals surface area contributed by atoms with Gasteiger partial charge in [0.25, 0.3) is 5.91 Å². The van der Waals surface area contributed by atoms with Crippen LogP contribution in [0.5, 0.6) is 0 Å². The fourth-order valence-electron chi connectivity index (χ4n) is 4.69. The Hall–Kier alpha value is -4.77. The zero-order valence-corrected chi connectivity index (χ0v) is 24.8. The smallest absolute Gasteiger partial charge is 0.267 e. The van der Waals surface area contributed by atoms with E-state index in [2.05, 4.69) is 37.4 Å². The fraction of sp³-hybridized carbons (Fsp3) is 0.290. The Kier molecular flexibility index (Phi) is 9.21. The minimum Gasteiger partial charge on any atom is -0.372 e. The van der Waals surface area contributed by atoms with Crippen molar-refractivity contribution >= 4 is 45.7 Å². The molecule has 0 unspecified atom stereocenters. The Labute approximate surface area is 245 Å². The third-order valence-electron chi connectivity index (χ3n) is 6.83. The maximum absolute atomic E-state index is 15.1. The summed E-state index contributed by atoms with van der Waals surface area (Å²) in [4.78, 5) is 37.4. The van der Waals surface area contributed by atoms with E-state index in [0.717, 1.165) is 35.9 Å². The summed E-state index contributed by atoms with van der Waals surface area (Å²) < 4.78 is 17.0. The summed E-state index contributed by atoms with van der Waals surface area (Å²) in [6.45, 7) is 9.11. The molecule has 0 bridgehead atoms. The predicted octanol–water partition coefficient (Wildman–Crippen LogP) is 5.04. The molecule has 0 aliphatic heterocycles. The van der Waals surface area contributed by atoms with Gasteiger partial charge in [-0.15, -0.1) is 0 Å². The Morgan fingerprint density at radius 1 is 1.10 bits per heavy atom. The molecule has 2 aromatic carbocycles. The van der Waals surface area contributed by atoms with Crippen molar-refractivity contribution in [1.29, 1.82) is 0 Å². The summed E-state index contributed by atoms with van der Waals surface area (Å²) >= 11 is 0. The first-order valence-corrected chi connectivity index (χ1v) is 13.6. The lowest BCUT2D eigenvalue weighted by Crippen LogP contribution is -2.29. The Bertz CT molecular complexity index is 1630. The third-order valence-corrected chi connectivity index (χ3v) is 6.83. The van der Waals surface area contributed by atoms with E-state index in [4.69, 9.17) is 0 Å². The molecule has 4 rings (SSSR count). The van der Waals surface area contributed by atoms with Crippen molar-refractivity contribution in [2.24, 2.45) is 0 Å². The summed E-state index contributed by atoms with van der Waals surface area (Å²) in [5.74, 6) is -0.923. The molecule has 0 radical (unpaired) electrons.